The smallest absolute Gasteiger partial charge is 0.322 e. The number of benzene rings is 2. The molecule has 0 unspecified atom stereocenters. The zero-order valence-electron chi connectivity index (χ0n) is 52.0. The first-order valence-corrected chi connectivity index (χ1v) is 51.8. The van der Waals surface area contributed by atoms with Crippen molar-refractivity contribution in [3.63, 3.8) is 0 Å². The number of amides is 3. The molecule has 0 radical (unpaired) electrons. The number of ether oxygens (including phenoxy) is 2. The Kier molecular flexibility index (Phi) is 40.4. The maximum atomic E-state index is 14.9. The van der Waals surface area contributed by atoms with Gasteiger partial charge in [-0.25, -0.2) is 38.7 Å². The van der Waals surface area contributed by atoms with Crippen LogP contribution in [0, 0.1) is 19.3 Å². The van der Waals surface area contributed by atoms with Crippen LogP contribution in [0.1, 0.15) is 41.5 Å². The van der Waals surface area contributed by atoms with E-state index in [1.165, 1.54) is 68.3 Å². The molecule has 5 aromatic heterocycles. The van der Waals surface area contributed by atoms with E-state index in [-0.39, 0.29) is 55.1 Å². The lowest BCUT2D eigenvalue weighted by Gasteiger charge is -2.26. The number of likely N-dealkylation sites (tertiary alicyclic amines) is 1. The summed E-state index contributed by atoms with van der Waals surface area (Å²) in [5.74, 6) is -1.33. The molecule has 2 fully saturated rings. The summed E-state index contributed by atoms with van der Waals surface area (Å²) in [6, 6.07) is 18.6. The first-order valence-electron chi connectivity index (χ1n) is 27.5. The van der Waals surface area contributed by atoms with Crippen molar-refractivity contribution < 1.29 is 52.1 Å². The van der Waals surface area contributed by atoms with Gasteiger partial charge in [0.25, 0.3) is 5.91 Å². The average Bonchev–Trinajstić information content (AvgIpc) is 1.61. The third-order valence-corrected chi connectivity index (χ3v) is 42.7. The van der Waals surface area contributed by atoms with Gasteiger partial charge in [-0.3, -0.25) is 38.9 Å². The van der Waals surface area contributed by atoms with Crippen molar-refractivity contribution >= 4 is 279 Å². The van der Waals surface area contributed by atoms with Gasteiger partial charge in [-0.1, -0.05) is 24.3 Å². The highest BCUT2D eigenvalue weighted by Gasteiger charge is 2.49. The molecule has 7 aromatic rings. The zero-order valence-corrected chi connectivity index (χ0v) is 70.7. The van der Waals surface area contributed by atoms with Crippen molar-refractivity contribution in [3.8, 4) is 22.3 Å². The van der Waals surface area contributed by atoms with E-state index in [2.05, 4.69) is 133 Å². The van der Waals surface area contributed by atoms with Crippen molar-refractivity contribution in [2.45, 2.75) is 70.9 Å². The van der Waals surface area contributed by atoms with E-state index in [4.69, 9.17) is 20.0 Å². The number of aromatic nitrogens is 8. The molecule has 0 bridgehead atoms. The predicted molar refractivity (Wildman–Crippen MR) is 441 cm³/mol. The van der Waals surface area contributed by atoms with E-state index in [1.54, 1.807) is 203 Å². The molecule has 100 heavy (non-hydrogen) atoms. The predicted octanol–water partition coefficient (Wildman–Crippen LogP) is 6.33. The molecule has 9 rings (SSSR count). The highest BCUT2D eigenvalue weighted by molar-refractivity contribution is 9.10. The number of halogens is 4. The van der Waals surface area contributed by atoms with E-state index in [0.717, 1.165) is 27.2 Å². The van der Waals surface area contributed by atoms with Crippen LogP contribution in [0.4, 0.5) is 26.1 Å². The van der Waals surface area contributed by atoms with Gasteiger partial charge in [0, 0.05) is 265 Å². The molecule has 2 aromatic carbocycles. The topological polar surface area (TPSA) is 311 Å². The number of carboxylic acid groups (broad SMARTS) is 1. The number of nitrogens with one attached hydrogen (secondary N) is 5. The quantitative estimate of drug-likeness (QED) is 0.0350. The molecule has 0 saturated carbocycles. The van der Waals surface area contributed by atoms with Gasteiger partial charge in [0.2, 0.25) is 11.8 Å². The summed E-state index contributed by atoms with van der Waals surface area (Å²) in [4.78, 5) is 99.5. The number of alkyl halides is 2. The van der Waals surface area contributed by atoms with Gasteiger partial charge < -0.3 is 40.7 Å². The number of fused-ring (bicyclic) bond motifs is 1. The van der Waals surface area contributed by atoms with E-state index in [9.17, 15) is 37.5 Å². The first kappa shape index (κ1) is 86.6. The lowest BCUT2D eigenvalue weighted by atomic mass is 9.99. The van der Waals surface area contributed by atoms with Crippen LogP contribution in [0.25, 0.3) is 33.2 Å². The Hall–Kier alpha value is -4.06. The number of Topliss-reactive ketones (excluding diaryl/α,β-unsaturated/α-hetero) is 2. The standard InChI is InChI=1S/C27H25BrFN7O4.C16H16N4O3.C11H13BrFN3O2.S10.S9/c1-14(37)24-18-9-16(17-10-30-15(2)31-11-17)7-8-20(18)36(34-24)13-23(38)35-12-19(29)26(40-3)25(35)27(39)33-22-6-4-5-21(28)32-22;1-9(21)16(17)13-5-11(12-6-18-10(2)19-7-12)3-4-14(13)20-8-15(22)23;1-18-10-6(13)5-14-9(10)11(17)16-8-4-2-3-7(12)15-8;1-3-5-7-9-10-8-6-4-2;1-3-5-7-9-8-6-4-2/h4-11,19,25-26H,12-13H2,1-3H3,(H,32,33,39);3-7,17,20H,8H2,1-2H3,(H,22,23);2-4,6,9-10,14H,5H2,1H3,(H,15,16,17);;/t19-,25-,26+;;6-,9-,10+;;/m0.0../s1. The molecule has 2 aliphatic heterocycles. The number of hydrogen-bond donors (Lipinski definition) is 6. The van der Waals surface area contributed by atoms with Crippen molar-refractivity contribution in [3.05, 3.63) is 130 Å². The minimum atomic E-state index is -1.58. The van der Waals surface area contributed by atoms with E-state index < -0.39 is 60.2 Å². The number of hydrogen-bond acceptors (Lipinski definition) is 22. The fraction of sp³-hybridized carbons (Fsp3) is 0.296. The Morgan fingerprint density at radius 3 is 1.60 bits per heavy atom. The highest BCUT2D eigenvalue weighted by atomic mass is 79.9. The number of nitrogens with zero attached hydrogens (tertiary/aromatic N) is 9. The summed E-state index contributed by atoms with van der Waals surface area (Å²) in [6.07, 6.45) is 1.99. The molecular formula is C54H54Br2F2N14O9S19. The van der Waals surface area contributed by atoms with Gasteiger partial charge in [-0.15, -0.1) is 0 Å². The minimum Gasteiger partial charge on any atom is -0.480 e. The molecule has 3 amide bonds. The fourth-order valence-electron chi connectivity index (χ4n) is 8.78. The van der Waals surface area contributed by atoms with Crippen LogP contribution < -0.4 is 21.3 Å². The average molecular weight is 1850 g/mol. The Morgan fingerprint density at radius 2 is 1.14 bits per heavy atom. The second kappa shape index (κ2) is 46.7. The van der Waals surface area contributed by atoms with Crippen LogP contribution in [0.2, 0.25) is 0 Å². The Bertz CT molecular complexity index is 4830. The van der Waals surface area contributed by atoms with Crippen LogP contribution in [0.15, 0.2) is 107 Å². The number of methoxy groups -OCH3 is 2. The van der Waals surface area contributed by atoms with Crippen LogP contribution in [0.5, 0.6) is 0 Å². The van der Waals surface area contributed by atoms with Gasteiger partial charge in [0.15, 0.2) is 11.6 Å². The molecule has 2 saturated heterocycles. The van der Waals surface area contributed by atoms with Gasteiger partial charge in [0.1, 0.15) is 93.6 Å². The summed E-state index contributed by atoms with van der Waals surface area (Å²) in [6.45, 7) is 5.41. The van der Waals surface area contributed by atoms with Crippen molar-refractivity contribution in [1.29, 1.82) is 5.41 Å². The third kappa shape index (κ3) is 28.4. The fourth-order valence-corrected chi connectivity index (χ4v) is 39.7. The van der Waals surface area contributed by atoms with Crippen molar-refractivity contribution in [2.75, 3.05) is 49.8 Å². The van der Waals surface area contributed by atoms with E-state index in [0.29, 0.717) is 48.8 Å². The number of carboxylic acids is 1. The SMILES string of the molecule is CC(=O)C(=N)c1cc(-c2cnc(C)nc2)ccc1NCC(=O)O.CO[C@H]1[C@@H](C(=O)Nc2cccc(Br)n2)N(C(=O)Cn2nc(C(C)=O)c3cc(-c4cnc(C)nc4)ccc32)C[C@@H]1F.CO[C@H]1[C@@H](C(=O)Nc2cccc(Br)n2)NC[C@@H]1F.S=S=S=S=S=S=S=S=S.S=S=S=S=S=S=S=S=S=S. The number of aliphatic carboxylic acids is 1. The summed E-state index contributed by atoms with van der Waals surface area (Å²) in [5, 5.41) is 32.4. The maximum Gasteiger partial charge on any atom is 0.322 e. The molecule has 46 heteroatoms. The Labute approximate surface area is 651 Å². The first-order chi connectivity index (χ1) is 48.0. The Balaban J connectivity index is 0.000000254. The lowest BCUT2D eigenvalue weighted by molar-refractivity contribution is -0.139. The van der Waals surface area contributed by atoms with Gasteiger partial charge in [0.05, 0.1) is 12.1 Å². The maximum absolute atomic E-state index is 14.9. The summed E-state index contributed by atoms with van der Waals surface area (Å²) < 4.78 is 41.1. The number of carbonyl (C=O) groups excluding carboxylic acids is 5. The number of ketones is 2. The van der Waals surface area contributed by atoms with Crippen molar-refractivity contribution in [1.82, 2.24) is 49.9 Å². The number of carbonyl (C=O) groups is 6. The molecule has 536 valence electrons. The van der Waals surface area contributed by atoms with Gasteiger partial charge in [-0.05, 0) is 105 Å². The minimum absolute atomic E-state index is 0.114. The Morgan fingerprint density at radius 1 is 0.660 bits per heavy atom. The second-order valence-corrected chi connectivity index (χ2v) is 47.4. The molecule has 6 atom stereocenters. The number of rotatable bonds is 16. The van der Waals surface area contributed by atoms with E-state index >= 15 is 0 Å². The normalized spacial score (nSPS) is 16.0. The van der Waals surface area contributed by atoms with Gasteiger partial charge in [-0.2, -0.15) is 5.10 Å². The number of aryl methyl sites for hydroxylation is 2. The summed E-state index contributed by atoms with van der Waals surface area (Å²) in [7, 11) is 26.3. The van der Waals surface area contributed by atoms with Crippen LogP contribution in [-0.4, -0.2) is 161 Å². The van der Waals surface area contributed by atoms with Crippen LogP contribution in [-0.2, 0) is 218 Å². The molecule has 0 aliphatic carbocycles. The molecule has 6 N–H and O–H groups in total. The van der Waals surface area contributed by atoms with Crippen molar-refractivity contribution in [2.24, 2.45) is 0 Å². The largest absolute Gasteiger partial charge is 0.480 e. The van der Waals surface area contributed by atoms with Gasteiger partial charge >= 0.3 is 5.97 Å². The lowest BCUT2D eigenvalue weighted by Crippen LogP contribution is -2.49. The molecule has 0 spiro atoms. The third-order valence-electron chi connectivity index (χ3n) is 13.0. The molecule has 23 nitrogen and oxygen atoms in total. The highest BCUT2D eigenvalue weighted by Crippen LogP contribution is 2.30. The zero-order chi connectivity index (χ0) is 73.3. The second-order valence-electron chi connectivity index (χ2n) is 19.3. The number of pyridine rings is 2. The van der Waals surface area contributed by atoms with Crippen LogP contribution >= 0.6 is 31.9 Å². The summed E-state index contributed by atoms with van der Waals surface area (Å²) in [5.41, 5.74) is 4.33. The molecular weight excluding hydrogens is 1800 g/mol. The molecule has 7 heterocycles. The van der Waals surface area contributed by atoms with E-state index in [1.807, 2.05) is 6.07 Å². The van der Waals surface area contributed by atoms with Crippen LogP contribution in [0.3, 0.4) is 0 Å². The summed E-state index contributed by atoms with van der Waals surface area (Å²) >= 11 is 25.0. The molecule has 2 aliphatic rings. The number of anilines is 3. The monoisotopic (exact) mass is 1850 g/mol.